The Balaban J connectivity index is 2.06. The first-order chi connectivity index (χ1) is 9.19. The molecule has 2 N–H and O–H groups in total. The zero-order valence-corrected chi connectivity index (χ0v) is 13.0. The summed E-state index contributed by atoms with van der Waals surface area (Å²) >= 11 is 9.69. The maximum absolute atomic E-state index is 6.26. The average molecular weight is 339 g/mol. The maximum atomic E-state index is 6.26. The van der Waals surface area contributed by atoms with E-state index in [1.54, 1.807) is 0 Å². The molecular formula is C16H17BrClN. The predicted octanol–water partition coefficient (Wildman–Crippen LogP) is 4.46. The molecule has 2 rings (SSSR count). The summed E-state index contributed by atoms with van der Waals surface area (Å²) in [7, 11) is 0. The predicted molar refractivity (Wildman–Crippen MR) is 85.5 cm³/mol. The van der Waals surface area contributed by atoms with Crippen LogP contribution >= 0.6 is 27.5 Å². The van der Waals surface area contributed by atoms with Crippen molar-refractivity contribution >= 4 is 27.5 Å². The topological polar surface area (TPSA) is 26.0 Å². The van der Waals surface area contributed by atoms with Crippen LogP contribution in [0.3, 0.4) is 0 Å². The van der Waals surface area contributed by atoms with Crippen LogP contribution in [-0.4, -0.2) is 6.54 Å². The zero-order chi connectivity index (χ0) is 13.7. The lowest BCUT2D eigenvalue weighted by Crippen LogP contribution is -2.19. The Bertz CT molecular complexity index is 528. The standard InChI is InChI=1S/C16H17BrClN/c17-15-7-6-14(16(18)10-15)9-13(11-19)8-12-4-2-1-3-5-12/h1-7,10,13H,8-9,11,19H2. The number of nitrogens with two attached hydrogens (primary N) is 1. The minimum atomic E-state index is 0.418. The Labute approximate surface area is 127 Å². The first-order valence-electron chi connectivity index (χ1n) is 6.37. The second kappa shape index (κ2) is 7.09. The highest BCUT2D eigenvalue weighted by atomic mass is 79.9. The fourth-order valence-electron chi connectivity index (χ4n) is 2.18. The van der Waals surface area contributed by atoms with Crippen molar-refractivity contribution in [3.63, 3.8) is 0 Å². The van der Waals surface area contributed by atoms with Crippen molar-refractivity contribution in [3.8, 4) is 0 Å². The van der Waals surface area contributed by atoms with Crippen molar-refractivity contribution in [2.45, 2.75) is 12.8 Å². The molecule has 19 heavy (non-hydrogen) atoms. The number of hydrogen-bond acceptors (Lipinski definition) is 1. The van der Waals surface area contributed by atoms with Gasteiger partial charge in [-0.2, -0.15) is 0 Å². The fourth-order valence-corrected chi connectivity index (χ4v) is 2.94. The Morgan fingerprint density at radius 1 is 1.05 bits per heavy atom. The van der Waals surface area contributed by atoms with E-state index in [-0.39, 0.29) is 0 Å². The van der Waals surface area contributed by atoms with E-state index >= 15 is 0 Å². The monoisotopic (exact) mass is 337 g/mol. The average Bonchev–Trinajstić information content (AvgIpc) is 2.42. The first-order valence-corrected chi connectivity index (χ1v) is 7.54. The van der Waals surface area contributed by atoms with Crippen LogP contribution in [0.1, 0.15) is 11.1 Å². The smallest absolute Gasteiger partial charge is 0.0449 e. The minimum Gasteiger partial charge on any atom is -0.330 e. The van der Waals surface area contributed by atoms with Crippen molar-refractivity contribution in [1.82, 2.24) is 0 Å². The van der Waals surface area contributed by atoms with Crippen LogP contribution in [0, 0.1) is 5.92 Å². The van der Waals surface area contributed by atoms with Crippen LogP contribution in [0.5, 0.6) is 0 Å². The van der Waals surface area contributed by atoms with E-state index in [0.717, 1.165) is 27.9 Å². The van der Waals surface area contributed by atoms with Crippen LogP contribution in [-0.2, 0) is 12.8 Å². The molecule has 0 aliphatic rings. The van der Waals surface area contributed by atoms with Crippen LogP contribution in [0.4, 0.5) is 0 Å². The van der Waals surface area contributed by atoms with Gasteiger partial charge in [0.2, 0.25) is 0 Å². The van der Waals surface area contributed by atoms with Gasteiger partial charge < -0.3 is 5.73 Å². The molecule has 0 aliphatic carbocycles. The fraction of sp³-hybridized carbons (Fsp3) is 0.250. The van der Waals surface area contributed by atoms with Crippen molar-refractivity contribution in [3.05, 3.63) is 69.2 Å². The summed E-state index contributed by atoms with van der Waals surface area (Å²) in [5.74, 6) is 0.418. The lowest BCUT2D eigenvalue weighted by atomic mass is 9.93. The van der Waals surface area contributed by atoms with Crippen molar-refractivity contribution in [2.24, 2.45) is 11.7 Å². The molecule has 1 nitrogen and oxygen atoms in total. The zero-order valence-electron chi connectivity index (χ0n) is 10.7. The van der Waals surface area contributed by atoms with Crippen molar-refractivity contribution in [1.29, 1.82) is 0 Å². The Morgan fingerprint density at radius 2 is 1.79 bits per heavy atom. The molecule has 3 heteroatoms. The molecule has 0 aliphatic heterocycles. The van der Waals surface area contributed by atoms with E-state index < -0.39 is 0 Å². The number of benzene rings is 2. The Morgan fingerprint density at radius 3 is 2.42 bits per heavy atom. The molecule has 100 valence electrons. The van der Waals surface area contributed by atoms with Crippen LogP contribution < -0.4 is 5.73 Å². The van der Waals surface area contributed by atoms with Gasteiger partial charge in [0.15, 0.2) is 0 Å². The quantitative estimate of drug-likeness (QED) is 0.855. The lowest BCUT2D eigenvalue weighted by molar-refractivity contribution is 0.533. The summed E-state index contributed by atoms with van der Waals surface area (Å²) in [5.41, 5.74) is 8.38. The highest BCUT2D eigenvalue weighted by Gasteiger charge is 2.11. The molecule has 0 fully saturated rings. The third-order valence-corrected chi connectivity index (χ3v) is 4.07. The van der Waals surface area contributed by atoms with Gasteiger partial charge >= 0.3 is 0 Å². The van der Waals surface area contributed by atoms with E-state index in [2.05, 4.69) is 46.3 Å². The van der Waals surface area contributed by atoms with Gasteiger partial charge in [0.05, 0.1) is 0 Å². The van der Waals surface area contributed by atoms with Gasteiger partial charge in [-0.3, -0.25) is 0 Å². The largest absolute Gasteiger partial charge is 0.330 e. The highest BCUT2D eigenvalue weighted by Crippen LogP contribution is 2.24. The normalized spacial score (nSPS) is 12.4. The summed E-state index contributed by atoms with van der Waals surface area (Å²) < 4.78 is 1.01. The number of rotatable bonds is 5. The minimum absolute atomic E-state index is 0.418. The van der Waals surface area contributed by atoms with Gasteiger partial charge in [-0.05, 0) is 48.6 Å². The van der Waals surface area contributed by atoms with Gasteiger partial charge in [-0.25, -0.2) is 0 Å². The molecular weight excluding hydrogens is 322 g/mol. The Hall–Kier alpha value is -0.830. The molecule has 2 aromatic carbocycles. The van der Waals surface area contributed by atoms with E-state index in [0.29, 0.717) is 12.5 Å². The maximum Gasteiger partial charge on any atom is 0.0449 e. The highest BCUT2D eigenvalue weighted by molar-refractivity contribution is 9.10. The molecule has 0 aromatic heterocycles. The van der Waals surface area contributed by atoms with E-state index in [4.69, 9.17) is 17.3 Å². The van der Waals surface area contributed by atoms with Gasteiger partial charge in [-0.1, -0.05) is 63.9 Å². The lowest BCUT2D eigenvalue weighted by Gasteiger charge is -2.16. The third kappa shape index (κ3) is 4.34. The van der Waals surface area contributed by atoms with E-state index in [9.17, 15) is 0 Å². The molecule has 1 unspecified atom stereocenters. The number of hydrogen-bond donors (Lipinski definition) is 1. The van der Waals surface area contributed by atoms with Gasteiger partial charge in [0.1, 0.15) is 0 Å². The summed E-state index contributed by atoms with van der Waals surface area (Å²) in [4.78, 5) is 0. The van der Waals surface area contributed by atoms with Gasteiger partial charge in [0.25, 0.3) is 0 Å². The molecule has 0 amide bonds. The third-order valence-electron chi connectivity index (χ3n) is 3.22. The molecule has 0 bridgehead atoms. The molecule has 0 saturated carbocycles. The molecule has 0 radical (unpaired) electrons. The van der Waals surface area contributed by atoms with E-state index in [1.165, 1.54) is 5.56 Å². The molecule has 2 aromatic rings. The molecule has 1 atom stereocenters. The SMILES string of the molecule is NCC(Cc1ccccc1)Cc1ccc(Br)cc1Cl. The van der Waals surface area contributed by atoms with Crippen LogP contribution in [0.25, 0.3) is 0 Å². The Kier molecular flexibility index (Phi) is 5.44. The van der Waals surface area contributed by atoms with Gasteiger partial charge in [0, 0.05) is 9.50 Å². The van der Waals surface area contributed by atoms with Crippen molar-refractivity contribution in [2.75, 3.05) is 6.54 Å². The van der Waals surface area contributed by atoms with E-state index in [1.807, 2.05) is 18.2 Å². The first kappa shape index (κ1) is 14.6. The second-order valence-electron chi connectivity index (χ2n) is 4.73. The van der Waals surface area contributed by atoms with Crippen LogP contribution in [0.15, 0.2) is 53.0 Å². The van der Waals surface area contributed by atoms with Gasteiger partial charge in [-0.15, -0.1) is 0 Å². The van der Waals surface area contributed by atoms with Crippen molar-refractivity contribution < 1.29 is 0 Å². The summed E-state index contributed by atoms with van der Waals surface area (Å²) in [5, 5.41) is 0.806. The molecule has 0 heterocycles. The number of halogens is 2. The second-order valence-corrected chi connectivity index (χ2v) is 6.05. The molecule has 0 saturated heterocycles. The van der Waals surface area contributed by atoms with Crippen LogP contribution in [0.2, 0.25) is 5.02 Å². The summed E-state index contributed by atoms with van der Waals surface area (Å²) in [6.07, 6.45) is 1.90. The molecule has 0 spiro atoms. The summed E-state index contributed by atoms with van der Waals surface area (Å²) in [6.45, 7) is 0.668. The summed E-state index contributed by atoms with van der Waals surface area (Å²) in [6, 6.07) is 16.5.